The lowest BCUT2D eigenvalue weighted by molar-refractivity contribution is 0.0523. The summed E-state index contributed by atoms with van der Waals surface area (Å²) in [5.41, 5.74) is 6.99. The van der Waals surface area contributed by atoms with Gasteiger partial charge < -0.3 is 20.5 Å². The molecule has 0 aromatic heterocycles. The molecule has 1 aromatic rings. The Labute approximate surface area is 159 Å². The van der Waals surface area contributed by atoms with Crippen molar-refractivity contribution in [3.05, 3.63) is 23.8 Å². The van der Waals surface area contributed by atoms with Crippen LogP contribution < -0.4 is 15.8 Å². The number of carbonyl (C=O) groups excluding carboxylic acids is 1. The summed E-state index contributed by atoms with van der Waals surface area (Å²) in [7, 11) is 0. The first-order valence-corrected chi connectivity index (χ1v) is 9.80. The van der Waals surface area contributed by atoms with Crippen molar-refractivity contribution in [2.75, 3.05) is 12.3 Å². The van der Waals surface area contributed by atoms with Gasteiger partial charge in [-0.3, -0.25) is 0 Å². The Morgan fingerprint density at radius 3 is 2.38 bits per heavy atom. The van der Waals surface area contributed by atoms with Crippen LogP contribution in [-0.4, -0.2) is 18.3 Å². The van der Waals surface area contributed by atoms with E-state index in [1.54, 1.807) is 6.07 Å². The molecular formula is C21H38N2O3. The molecule has 0 bridgehead atoms. The van der Waals surface area contributed by atoms with Crippen LogP contribution in [0.4, 0.5) is 10.5 Å². The summed E-state index contributed by atoms with van der Waals surface area (Å²) < 4.78 is 11.0. The van der Waals surface area contributed by atoms with Gasteiger partial charge in [0.05, 0.1) is 12.3 Å². The SMILES string of the molecule is CC.CCCCCCCOc1cc(CNC(=O)OC(C)(C)C)ccc1N. The number of carbonyl (C=O) groups is 1. The minimum absolute atomic E-state index is 0.377. The molecule has 5 nitrogen and oxygen atoms in total. The molecule has 5 heteroatoms. The van der Waals surface area contributed by atoms with Gasteiger partial charge in [-0.05, 0) is 44.9 Å². The lowest BCUT2D eigenvalue weighted by Crippen LogP contribution is -2.32. The summed E-state index contributed by atoms with van der Waals surface area (Å²) >= 11 is 0. The Morgan fingerprint density at radius 2 is 1.77 bits per heavy atom. The number of rotatable bonds is 9. The normalized spacial score (nSPS) is 10.5. The van der Waals surface area contributed by atoms with E-state index in [2.05, 4.69) is 12.2 Å². The molecule has 0 fully saturated rings. The van der Waals surface area contributed by atoms with Crippen LogP contribution in [0.2, 0.25) is 0 Å². The minimum Gasteiger partial charge on any atom is -0.491 e. The lowest BCUT2D eigenvalue weighted by atomic mass is 10.1. The van der Waals surface area contributed by atoms with E-state index in [1.165, 1.54) is 25.7 Å². The smallest absolute Gasteiger partial charge is 0.407 e. The molecule has 0 saturated carbocycles. The maximum absolute atomic E-state index is 11.7. The molecule has 0 atom stereocenters. The molecule has 3 N–H and O–H groups in total. The summed E-state index contributed by atoms with van der Waals surface area (Å²) in [5.74, 6) is 0.675. The Kier molecular flexibility index (Phi) is 12.3. The maximum atomic E-state index is 11.7. The van der Waals surface area contributed by atoms with Gasteiger partial charge in [0.2, 0.25) is 0 Å². The van der Waals surface area contributed by atoms with Crippen LogP contribution in [0, 0.1) is 0 Å². The van der Waals surface area contributed by atoms with E-state index in [0.29, 0.717) is 24.6 Å². The minimum atomic E-state index is -0.503. The maximum Gasteiger partial charge on any atom is 0.407 e. The Balaban J connectivity index is 0.00000301. The number of nitrogens with one attached hydrogen (secondary N) is 1. The molecule has 0 saturated heterocycles. The number of benzene rings is 1. The van der Waals surface area contributed by atoms with Gasteiger partial charge in [0.15, 0.2) is 0 Å². The van der Waals surface area contributed by atoms with E-state index in [9.17, 15) is 4.79 Å². The number of amides is 1. The number of nitrogens with two attached hydrogens (primary N) is 1. The van der Waals surface area contributed by atoms with Crippen LogP contribution >= 0.6 is 0 Å². The molecule has 0 heterocycles. The predicted octanol–water partition coefficient (Wildman–Crippen LogP) is 5.67. The van der Waals surface area contributed by atoms with Crippen molar-refractivity contribution >= 4 is 11.8 Å². The van der Waals surface area contributed by atoms with Crippen molar-refractivity contribution in [3.8, 4) is 5.75 Å². The average molecular weight is 367 g/mol. The molecular weight excluding hydrogens is 328 g/mol. The highest BCUT2D eigenvalue weighted by atomic mass is 16.6. The highest BCUT2D eigenvalue weighted by Crippen LogP contribution is 2.23. The van der Waals surface area contributed by atoms with Gasteiger partial charge in [-0.25, -0.2) is 4.79 Å². The third-order valence-corrected chi connectivity index (χ3v) is 3.42. The summed E-state index contributed by atoms with van der Waals surface area (Å²) in [5, 5.41) is 2.74. The molecule has 0 spiro atoms. The van der Waals surface area contributed by atoms with Crippen LogP contribution in [0.25, 0.3) is 0 Å². The van der Waals surface area contributed by atoms with Crippen molar-refractivity contribution in [2.24, 2.45) is 0 Å². The summed E-state index contributed by atoms with van der Waals surface area (Å²) in [6.07, 6.45) is 5.52. The van der Waals surface area contributed by atoms with Gasteiger partial charge >= 0.3 is 6.09 Å². The molecule has 150 valence electrons. The van der Waals surface area contributed by atoms with Gasteiger partial charge in [0.25, 0.3) is 0 Å². The number of nitrogen functional groups attached to an aromatic ring is 1. The molecule has 1 rings (SSSR count). The first-order chi connectivity index (χ1) is 12.3. The average Bonchev–Trinajstić information content (AvgIpc) is 2.58. The van der Waals surface area contributed by atoms with Crippen molar-refractivity contribution in [3.63, 3.8) is 0 Å². The zero-order valence-electron chi connectivity index (χ0n) is 17.5. The topological polar surface area (TPSA) is 73.6 Å². The van der Waals surface area contributed by atoms with Gasteiger partial charge in [-0.2, -0.15) is 0 Å². The van der Waals surface area contributed by atoms with Crippen LogP contribution in [0.3, 0.4) is 0 Å². The van der Waals surface area contributed by atoms with E-state index in [0.717, 1.165) is 12.0 Å². The number of hydrogen-bond acceptors (Lipinski definition) is 4. The second-order valence-corrected chi connectivity index (χ2v) is 6.99. The van der Waals surface area contributed by atoms with Crippen LogP contribution in [0.1, 0.15) is 79.2 Å². The van der Waals surface area contributed by atoms with Crippen molar-refractivity contribution in [2.45, 2.75) is 85.8 Å². The summed E-state index contributed by atoms with van der Waals surface area (Å²) in [6, 6.07) is 5.55. The fourth-order valence-corrected chi connectivity index (χ4v) is 2.19. The molecule has 0 unspecified atom stereocenters. The highest BCUT2D eigenvalue weighted by molar-refractivity contribution is 5.67. The molecule has 26 heavy (non-hydrogen) atoms. The molecule has 0 aliphatic rings. The van der Waals surface area contributed by atoms with E-state index in [4.69, 9.17) is 15.2 Å². The second-order valence-electron chi connectivity index (χ2n) is 6.99. The van der Waals surface area contributed by atoms with E-state index >= 15 is 0 Å². The Hall–Kier alpha value is -1.91. The largest absolute Gasteiger partial charge is 0.491 e. The Morgan fingerprint density at radius 1 is 1.12 bits per heavy atom. The Bertz CT molecular complexity index is 510. The highest BCUT2D eigenvalue weighted by Gasteiger charge is 2.15. The fraction of sp³-hybridized carbons (Fsp3) is 0.667. The number of alkyl carbamates (subject to hydrolysis) is 1. The van der Waals surface area contributed by atoms with Crippen molar-refractivity contribution < 1.29 is 14.3 Å². The van der Waals surface area contributed by atoms with Gasteiger partial charge in [-0.15, -0.1) is 0 Å². The number of anilines is 1. The fourth-order valence-electron chi connectivity index (χ4n) is 2.19. The predicted molar refractivity (Wildman–Crippen MR) is 110 cm³/mol. The van der Waals surface area contributed by atoms with Crippen LogP contribution in [0.5, 0.6) is 5.75 Å². The van der Waals surface area contributed by atoms with E-state index in [-0.39, 0.29) is 0 Å². The van der Waals surface area contributed by atoms with Crippen LogP contribution in [-0.2, 0) is 11.3 Å². The van der Waals surface area contributed by atoms with Crippen molar-refractivity contribution in [1.29, 1.82) is 0 Å². The monoisotopic (exact) mass is 366 g/mol. The second kappa shape index (κ2) is 13.3. The molecule has 0 radical (unpaired) electrons. The third kappa shape index (κ3) is 11.6. The quantitative estimate of drug-likeness (QED) is 0.436. The lowest BCUT2D eigenvalue weighted by Gasteiger charge is -2.19. The standard InChI is InChI=1S/C19H32N2O3.C2H6/c1-5-6-7-8-9-12-23-17-13-15(10-11-16(17)20)14-21-18(22)24-19(2,3)4;1-2/h10-11,13H,5-9,12,14,20H2,1-4H3,(H,21,22);1-2H3. The molecule has 1 amide bonds. The van der Waals surface area contributed by atoms with Crippen LogP contribution in [0.15, 0.2) is 18.2 Å². The molecule has 1 aromatic carbocycles. The number of ether oxygens (including phenoxy) is 2. The molecule has 0 aliphatic carbocycles. The third-order valence-electron chi connectivity index (χ3n) is 3.42. The van der Waals surface area contributed by atoms with E-state index in [1.807, 2.05) is 46.8 Å². The summed E-state index contributed by atoms with van der Waals surface area (Å²) in [6.45, 7) is 12.7. The van der Waals surface area contributed by atoms with Gasteiger partial charge in [0, 0.05) is 6.54 Å². The number of unbranched alkanes of at least 4 members (excludes halogenated alkanes) is 4. The summed E-state index contributed by atoms with van der Waals surface area (Å²) in [4.78, 5) is 11.7. The van der Waals surface area contributed by atoms with Crippen molar-refractivity contribution in [1.82, 2.24) is 5.32 Å². The van der Waals surface area contributed by atoms with Gasteiger partial charge in [-0.1, -0.05) is 52.5 Å². The van der Waals surface area contributed by atoms with E-state index < -0.39 is 11.7 Å². The zero-order chi connectivity index (χ0) is 20.0. The first kappa shape index (κ1) is 24.1. The first-order valence-electron chi connectivity index (χ1n) is 9.80. The molecule has 0 aliphatic heterocycles. The number of hydrogen-bond donors (Lipinski definition) is 2. The van der Waals surface area contributed by atoms with Gasteiger partial charge in [0.1, 0.15) is 11.4 Å². The zero-order valence-corrected chi connectivity index (χ0v) is 17.5.